The van der Waals surface area contributed by atoms with E-state index >= 15 is 0 Å². The van der Waals surface area contributed by atoms with E-state index in [2.05, 4.69) is 10.5 Å². The largest absolute Gasteiger partial charge is 0.484 e. The summed E-state index contributed by atoms with van der Waals surface area (Å²) in [5.41, 5.74) is 4.22. The van der Waals surface area contributed by atoms with E-state index in [1.165, 1.54) is 0 Å². The molecule has 0 aliphatic carbocycles. The number of nitrogens with zero attached hydrogens (tertiary/aromatic N) is 1. The number of ether oxygens (including phenoxy) is 1. The Kier molecular flexibility index (Phi) is 5.98. The average molecular weight is 317 g/mol. The first-order valence-corrected chi connectivity index (χ1v) is 7.36. The van der Waals surface area contributed by atoms with Crippen LogP contribution in [-0.2, 0) is 4.79 Å². The van der Waals surface area contributed by atoms with Crippen LogP contribution in [0.5, 0.6) is 5.75 Å². The van der Waals surface area contributed by atoms with Crippen LogP contribution in [0.4, 0.5) is 0 Å². The third-order valence-corrected chi connectivity index (χ3v) is 3.19. The standard InChI is InChI=1S/C17H17ClN2O2/c1-2-16(13-8-10-14(18)11-9-13)19-20-17(21)12-22-15-6-4-3-5-7-15/h3-11H,2,12H2,1H3,(H,20,21)/b19-16+. The number of hydrogen-bond donors (Lipinski definition) is 1. The summed E-state index contributed by atoms with van der Waals surface area (Å²) in [5.74, 6) is 0.346. The predicted octanol–water partition coefficient (Wildman–Crippen LogP) is 3.65. The molecule has 0 atom stereocenters. The second-order valence-electron chi connectivity index (χ2n) is 4.56. The quantitative estimate of drug-likeness (QED) is 0.653. The van der Waals surface area contributed by atoms with E-state index < -0.39 is 0 Å². The van der Waals surface area contributed by atoms with E-state index in [1.54, 1.807) is 24.3 Å². The molecular weight excluding hydrogens is 300 g/mol. The van der Waals surface area contributed by atoms with E-state index in [1.807, 2.05) is 37.3 Å². The van der Waals surface area contributed by atoms with Crippen molar-refractivity contribution in [1.29, 1.82) is 0 Å². The van der Waals surface area contributed by atoms with Crippen molar-refractivity contribution in [2.45, 2.75) is 13.3 Å². The molecule has 0 heterocycles. The van der Waals surface area contributed by atoms with Gasteiger partial charge in [-0.3, -0.25) is 4.79 Å². The van der Waals surface area contributed by atoms with Crippen molar-refractivity contribution in [2.24, 2.45) is 5.10 Å². The summed E-state index contributed by atoms with van der Waals surface area (Å²) in [7, 11) is 0. The second-order valence-corrected chi connectivity index (χ2v) is 4.99. The number of carbonyl (C=O) groups is 1. The van der Waals surface area contributed by atoms with Crippen LogP contribution >= 0.6 is 11.6 Å². The van der Waals surface area contributed by atoms with Crippen LogP contribution in [0, 0.1) is 0 Å². The Hall–Kier alpha value is -2.33. The highest BCUT2D eigenvalue weighted by Gasteiger charge is 2.04. The molecule has 0 aromatic heterocycles. The zero-order valence-corrected chi connectivity index (χ0v) is 13.0. The van der Waals surface area contributed by atoms with Crippen molar-refractivity contribution in [3.05, 3.63) is 65.2 Å². The zero-order chi connectivity index (χ0) is 15.8. The number of benzene rings is 2. The fraction of sp³-hybridized carbons (Fsp3) is 0.176. The molecule has 2 aromatic rings. The topological polar surface area (TPSA) is 50.7 Å². The SMILES string of the molecule is CC/C(=N\NC(=O)COc1ccccc1)c1ccc(Cl)cc1. The maximum absolute atomic E-state index is 11.8. The minimum absolute atomic E-state index is 0.0782. The Morgan fingerprint density at radius 1 is 1.14 bits per heavy atom. The van der Waals surface area contributed by atoms with Crippen molar-refractivity contribution in [1.82, 2.24) is 5.43 Å². The van der Waals surface area contributed by atoms with Crippen LogP contribution in [0.1, 0.15) is 18.9 Å². The number of nitrogens with one attached hydrogen (secondary N) is 1. The highest BCUT2D eigenvalue weighted by molar-refractivity contribution is 6.30. The van der Waals surface area contributed by atoms with Gasteiger partial charge in [0.15, 0.2) is 6.61 Å². The van der Waals surface area contributed by atoms with E-state index in [0.717, 1.165) is 11.3 Å². The zero-order valence-electron chi connectivity index (χ0n) is 12.3. The molecule has 1 N–H and O–H groups in total. The van der Waals surface area contributed by atoms with Crippen molar-refractivity contribution in [3.8, 4) is 5.75 Å². The van der Waals surface area contributed by atoms with Crippen molar-refractivity contribution >= 4 is 23.2 Å². The van der Waals surface area contributed by atoms with Gasteiger partial charge in [0, 0.05) is 5.02 Å². The molecule has 4 nitrogen and oxygen atoms in total. The molecule has 0 saturated carbocycles. The normalized spacial score (nSPS) is 11.1. The molecule has 2 aromatic carbocycles. The predicted molar refractivity (Wildman–Crippen MR) is 88.4 cm³/mol. The lowest BCUT2D eigenvalue weighted by Crippen LogP contribution is -2.26. The van der Waals surface area contributed by atoms with Gasteiger partial charge >= 0.3 is 0 Å². The Labute approximate surface area is 134 Å². The van der Waals surface area contributed by atoms with Crippen LogP contribution in [0.25, 0.3) is 0 Å². The van der Waals surface area contributed by atoms with Gasteiger partial charge in [0.1, 0.15) is 5.75 Å². The molecule has 0 aliphatic heterocycles. The molecule has 0 bridgehead atoms. The molecule has 22 heavy (non-hydrogen) atoms. The smallest absolute Gasteiger partial charge is 0.277 e. The molecule has 5 heteroatoms. The number of hydrazone groups is 1. The van der Waals surface area contributed by atoms with E-state index in [4.69, 9.17) is 16.3 Å². The fourth-order valence-corrected chi connectivity index (χ4v) is 1.94. The molecule has 0 radical (unpaired) electrons. The summed E-state index contributed by atoms with van der Waals surface area (Å²) in [5, 5.41) is 4.81. The van der Waals surface area contributed by atoms with Crippen LogP contribution < -0.4 is 10.2 Å². The number of hydrogen-bond acceptors (Lipinski definition) is 3. The Bertz CT molecular complexity index is 639. The van der Waals surface area contributed by atoms with Crippen molar-refractivity contribution < 1.29 is 9.53 Å². The van der Waals surface area contributed by atoms with Crippen LogP contribution in [0.3, 0.4) is 0 Å². The molecule has 0 unspecified atom stereocenters. The first kappa shape index (κ1) is 16.0. The second kappa shape index (κ2) is 8.20. The van der Waals surface area contributed by atoms with Gasteiger partial charge in [-0.2, -0.15) is 5.10 Å². The van der Waals surface area contributed by atoms with E-state index in [-0.39, 0.29) is 12.5 Å². The molecular formula is C17H17ClN2O2. The average Bonchev–Trinajstić information content (AvgIpc) is 2.56. The number of carbonyl (C=O) groups excluding carboxylic acids is 1. The van der Waals surface area contributed by atoms with E-state index in [0.29, 0.717) is 17.2 Å². The lowest BCUT2D eigenvalue weighted by Gasteiger charge is -2.07. The first-order valence-electron chi connectivity index (χ1n) is 6.98. The van der Waals surface area contributed by atoms with Gasteiger partial charge < -0.3 is 4.74 Å². The van der Waals surface area contributed by atoms with Gasteiger partial charge in [-0.25, -0.2) is 5.43 Å². The van der Waals surface area contributed by atoms with Crippen LogP contribution in [-0.4, -0.2) is 18.2 Å². The molecule has 0 saturated heterocycles. The van der Waals surface area contributed by atoms with Crippen LogP contribution in [0.15, 0.2) is 59.7 Å². The van der Waals surface area contributed by atoms with Gasteiger partial charge in [-0.1, -0.05) is 48.9 Å². The summed E-state index contributed by atoms with van der Waals surface area (Å²) in [4.78, 5) is 11.8. The number of amides is 1. The van der Waals surface area contributed by atoms with Gasteiger partial charge in [-0.15, -0.1) is 0 Å². The lowest BCUT2D eigenvalue weighted by atomic mass is 10.1. The maximum Gasteiger partial charge on any atom is 0.277 e. The van der Waals surface area contributed by atoms with Gasteiger partial charge in [-0.05, 0) is 36.2 Å². The minimum atomic E-state index is -0.302. The minimum Gasteiger partial charge on any atom is -0.484 e. The highest BCUT2D eigenvalue weighted by Crippen LogP contribution is 2.11. The van der Waals surface area contributed by atoms with Gasteiger partial charge in [0.25, 0.3) is 5.91 Å². The molecule has 1 amide bonds. The monoisotopic (exact) mass is 316 g/mol. The number of halogens is 1. The van der Waals surface area contributed by atoms with E-state index in [9.17, 15) is 4.79 Å². The fourth-order valence-electron chi connectivity index (χ4n) is 1.82. The van der Waals surface area contributed by atoms with Gasteiger partial charge in [0.2, 0.25) is 0 Å². The Morgan fingerprint density at radius 2 is 1.82 bits per heavy atom. The first-order chi connectivity index (χ1) is 10.7. The third kappa shape index (κ3) is 4.90. The summed E-state index contributed by atoms with van der Waals surface area (Å²) in [6, 6.07) is 16.5. The molecule has 0 fully saturated rings. The maximum atomic E-state index is 11.8. The van der Waals surface area contributed by atoms with Crippen molar-refractivity contribution in [2.75, 3.05) is 6.61 Å². The summed E-state index contributed by atoms with van der Waals surface area (Å²) < 4.78 is 5.36. The summed E-state index contributed by atoms with van der Waals surface area (Å²) >= 11 is 5.86. The number of rotatable bonds is 6. The Morgan fingerprint density at radius 3 is 2.45 bits per heavy atom. The molecule has 0 spiro atoms. The van der Waals surface area contributed by atoms with Crippen molar-refractivity contribution in [3.63, 3.8) is 0 Å². The Balaban J connectivity index is 1.91. The molecule has 2 rings (SSSR count). The molecule has 114 valence electrons. The lowest BCUT2D eigenvalue weighted by molar-refractivity contribution is -0.123. The summed E-state index contributed by atoms with van der Waals surface area (Å²) in [6.45, 7) is 1.89. The van der Waals surface area contributed by atoms with Gasteiger partial charge in [0.05, 0.1) is 5.71 Å². The number of para-hydroxylation sites is 1. The molecule has 0 aliphatic rings. The van der Waals surface area contributed by atoms with Crippen LogP contribution in [0.2, 0.25) is 5.02 Å². The highest BCUT2D eigenvalue weighted by atomic mass is 35.5. The third-order valence-electron chi connectivity index (χ3n) is 2.94. The summed E-state index contributed by atoms with van der Waals surface area (Å²) in [6.07, 6.45) is 0.696.